The van der Waals surface area contributed by atoms with Crippen LogP contribution in [0.15, 0.2) is 0 Å². The minimum absolute atomic E-state index is 0.685. The second-order valence-corrected chi connectivity index (χ2v) is 3.84. The highest BCUT2D eigenvalue weighted by molar-refractivity contribution is 4.69. The maximum Gasteiger partial charge on any atom is 0.100 e. The molecular formula is C10H21NO2. The Hall–Kier alpha value is -0.120. The van der Waals surface area contributed by atoms with E-state index in [9.17, 15) is 0 Å². The van der Waals surface area contributed by atoms with Gasteiger partial charge in [-0.15, -0.1) is 0 Å². The summed E-state index contributed by atoms with van der Waals surface area (Å²) in [5.74, 6) is 0.866. The van der Waals surface area contributed by atoms with E-state index in [-0.39, 0.29) is 0 Å². The van der Waals surface area contributed by atoms with Crippen molar-refractivity contribution in [1.29, 1.82) is 0 Å². The standard InChI is InChI=1S/C10H21NO2/c1-12-8-11(9-13-2)7-10-5-3-4-6-10/h10H,3-9H2,1-2H3. The molecule has 0 bridgehead atoms. The number of rotatable bonds is 6. The van der Waals surface area contributed by atoms with Crippen LogP contribution in [0.5, 0.6) is 0 Å². The van der Waals surface area contributed by atoms with Crippen molar-refractivity contribution < 1.29 is 9.47 Å². The third kappa shape index (κ3) is 4.07. The number of ether oxygens (including phenoxy) is 2. The van der Waals surface area contributed by atoms with E-state index >= 15 is 0 Å². The summed E-state index contributed by atoms with van der Waals surface area (Å²) in [6.07, 6.45) is 5.56. The molecule has 1 saturated carbocycles. The molecule has 0 aromatic heterocycles. The van der Waals surface area contributed by atoms with E-state index in [2.05, 4.69) is 4.90 Å². The molecule has 1 fully saturated rings. The molecule has 0 spiro atoms. The van der Waals surface area contributed by atoms with Gasteiger partial charge in [0.15, 0.2) is 0 Å². The summed E-state index contributed by atoms with van der Waals surface area (Å²) in [5.41, 5.74) is 0. The largest absolute Gasteiger partial charge is 0.369 e. The van der Waals surface area contributed by atoms with Crippen LogP contribution < -0.4 is 0 Å². The fraction of sp³-hybridized carbons (Fsp3) is 1.00. The van der Waals surface area contributed by atoms with Crippen molar-refractivity contribution in [2.24, 2.45) is 5.92 Å². The zero-order chi connectivity index (χ0) is 9.52. The van der Waals surface area contributed by atoms with Crippen LogP contribution in [0.3, 0.4) is 0 Å². The summed E-state index contributed by atoms with van der Waals surface area (Å²) in [4.78, 5) is 2.22. The lowest BCUT2D eigenvalue weighted by molar-refractivity contribution is -0.0212. The highest BCUT2D eigenvalue weighted by Crippen LogP contribution is 2.25. The van der Waals surface area contributed by atoms with Gasteiger partial charge in [-0.3, -0.25) is 4.90 Å². The number of hydrogen-bond acceptors (Lipinski definition) is 3. The first-order valence-corrected chi connectivity index (χ1v) is 5.07. The van der Waals surface area contributed by atoms with Gasteiger partial charge in [-0.05, 0) is 18.8 Å². The van der Waals surface area contributed by atoms with Gasteiger partial charge in [0.2, 0.25) is 0 Å². The van der Waals surface area contributed by atoms with Gasteiger partial charge in [0.1, 0.15) is 13.5 Å². The minimum atomic E-state index is 0.685. The van der Waals surface area contributed by atoms with Crippen LogP contribution in [0, 0.1) is 5.92 Å². The van der Waals surface area contributed by atoms with Gasteiger partial charge in [-0.25, -0.2) is 0 Å². The van der Waals surface area contributed by atoms with Crippen LogP contribution in [0.4, 0.5) is 0 Å². The van der Waals surface area contributed by atoms with Gasteiger partial charge in [-0.2, -0.15) is 0 Å². The molecular weight excluding hydrogens is 166 g/mol. The molecule has 0 unspecified atom stereocenters. The number of methoxy groups -OCH3 is 2. The average molecular weight is 187 g/mol. The monoisotopic (exact) mass is 187 g/mol. The van der Waals surface area contributed by atoms with E-state index in [0.29, 0.717) is 13.5 Å². The van der Waals surface area contributed by atoms with Crippen molar-refractivity contribution in [2.45, 2.75) is 25.7 Å². The Morgan fingerprint density at radius 1 is 1.08 bits per heavy atom. The predicted molar refractivity (Wildman–Crippen MR) is 52.4 cm³/mol. The first-order valence-electron chi connectivity index (χ1n) is 5.07. The summed E-state index contributed by atoms with van der Waals surface area (Å²) in [6.45, 7) is 2.50. The van der Waals surface area contributed by atoms with Crippen LogP contribution in [0.1, 0.15) is 25.7 Å². The van der Waals surface area contributed by atoms with Crippen molar-refractivity contribution >= 4 is 0 Å². The molecule has 0 aliphatic heterocycles. The second kappa shape index (κ2) is 6.35. The van der Waals surface area contributed by atoms with Gasteiger partial charge in [-0.1, -0.05) is 12.8 Å². The molecule has 13 heavy (non-hydrogen) atoms. The van der Waals surface area contributed by atoms with Gasteiger partial charge in [0, 0.05) is 20.8 Å². The Morgan fingerprint density at radius 2 is 1.62 bits per heavy atom. The van der Waals surface area contributed by atoms with Crippen LogP contribution >= 0.6 is 0 Å². The smallest absolute Gasteiger partial charge is 0.100 e. The fourth-order valence-corrected chi connectivity index (χ4v) is 2.07. The quantitative estimate of drug-likeness (QED) is 0.591. The van der Waals surface area contributed by atoms with Crippen molar-refractivity contribution in [3.8, 4) is 0 Å². The van der Waals surface area contributed by atoms with E-state index in [0.717, 1.165) is 12.5 Å². The SMILES string of the molecule is COCN(COC)CC1CCCC1. The molecule has 0 aromatic carbocycles. The Kier molecular flexibility index (Phi) is 5.35. The summed E-state index contributed by atoms with van der Waals surface area (Å²) >= 11 is 0. The van der Waals surface area contributed by atoms with E-state index in [1.54, 1.807) is 14.2 Å². The van der Waals surface area contributed by atoms with Crippen molar-refractivity contribution in [3.05, 3.63) is 0 Å². The molecule has 0 atom stereocenters. The first-order chi connectivity index (χ1) is 6.36. The molecule has 78 valence electrons. The average Bonchev–Trinajstić information content (AvgIpc) is 2.58. The second-order valence-electron chi connectivity index (χ2n) is 3.84. The maximum atomic E-state index is 5.11. The lowest BCUT2D eigenvalue weighted by atomic mass is 10.1. The summed E-state index contributed by atoms with van der Waals surface area (Å²) in [5, 5.41) is 0. The lowest BCUT2D eigenvalue weighted by Gasteiger charge is -2.23. The number of hydrogen-bond donors (Lipinski definition) is 0. The zero-order valence-electron chi connectivity index (χ0n) is 8.79. The summed E-state index contributed by atoms with van der Waals surface area (Å²) in [7, 11) is 3.47. The van der Waals surface area contributed by atoms with Crippen LogP contribution in [0.25, 0.3) is 0 Å². The fourth-order valence-electron chi connectivity index (χ4n) is 2.07. The Balaban J connectivity index is 2.19. The van der Waals surface area contributed by atoms with Crippen molar-refractivity contribution in [2.75, 3.05) is 34.2 Å². The number of nitrogens with zero attached hydrogens (tertiary/aromatic N) is 1. The third-order valence-electron chi connectivity index (χ3n) is 2.61. The molecule has 0 N–H and O–H groups in total. The first kappa shape index (κ1) is 11.0. The highest BCUT2D eigenvalue weighted by Gasteiger charge is 2.18. The molecule has 3 nitrogen and oxygen atoms in total. The Bertz CT molecular complexity index is 118. The molecule has 1 aliphatic carbocycles. The van der Waals surface area contributed by atoms with E-state index in [1.165, 1.54) is 25.7 Å². The topological polar surface area (TPSA) is 21.7 Å². The van der Waals surface area contributed by atoms with Crippen LogP contribution in [-0.2, 0) is 9.47 Å². The van der Waals surface area contributed by atoms with Gasteiger partial charge in [0.05, 0.1) is 0 Å². The Labute approximate surface area is 81.0 Å². The van der Waals surface area contributed by atoms with Gasteiger partial charge in [0.25, 0.3) is 0 Å². The third-order valence-corrected chi connectivity index (χ3v) is 2.61. The minimum Gasteiger partial charge on any atom is -0.369 e. The van der Waals surface area contributed by atoms with Crippen molar-refractivity contribution in [1.82, 2.24) is 4.90 Å². The summed E-state index contributed by atoms with van der Waals surface area (Å²) < 4.78 is 10.2. The molecule has 0 amide bonds. The molecule has 0 radical (unpaired) electrons. The van der Waals surface area contributed by atoms with Gasteiger partial charge >= 0.3 is 0 Å². The maximum absolute atomic E-state index is 5.11. The van der Waals surface area contributed by atoms with E-state index in [4.69, 9.17) is 9.47 Å². The normalized spacial score (nSPS) is 18.7. The van der Waals surface area contributed by atoms with Crippen molar-refractivity contribution in [3.63, 3.8) is 0 Å². The van der Waals surface area contributed by atoms with Crippen LogP contribution in [0.2, 0.25) is 0 Å². The highest BCUT2D eigenvalue weighted by atomic mass is 16.5. The van der Waals surface area contributed by atoms with E-state index in [1.807, 2.05) is 0 Å². The molecule has 0 heterocycles. The Morgan fingerprint density at radius 3 is 2.08 bits per heavy atom. The predicted octanol–water partition coefficient (Wildman–Crippen LogP) is 1.69. The van der Waals surface area contributed by atoms with Gasteiger partial charge < -0.3 is 9.47 Å². The van der Waals surface area contributed by atoms with Crippen LogP contribution in [-0.4, -0.2) is 39.1 Å². The molecule has 1 aliphatic rings. The van der Waals surface area contributed by atoms with E-state index < -0.39 is 0 Å². The lowest BCUT2D eigenvalue weighted by Crippen LogP contribution is -2.32. The molecule has 3 heteroatoms. The zero-order valence-corrected chi connectivity index (χ0v) is 8.79. The molecule has 0 saturated heterocycles. The molecule has 0 aromatic rings. The summed E-state index contributed by atoms with van der Waals surface area (Å²) in [6, 6.07) is 0. The molecule has 1 rings (SSSR count).